The van der Waals surface area contributed by atoms with Crippen LogP contribution in [0.25, 0.3) is 0 Å². The van der Waals surface area contributed by atoms with Gasteiger partial charge in [-0.15, -0.1) is 0 Å². The van der Waals surface area contributed by atoms with Crippen molar-refractivity contribution in [2.24, 2.45) is 0 Å². The molecule has 0 aliphatic heterocycles. The van der Waals surface area contributed by atoms with E-state index in [1.807, 2.05) is 0 Å². The van der Waals surface area contributed by atoms with Gasteiger partial charge in [0.2, 0.25) is 0 Å². The van der Waals surface area contributed by atoms with E-state index in [4.69, 9.17) is 15.4 Å². The molecule has 1 aromatic carbocycles. The molecule has 1 saturated carbocycles. The van der Waals surface area contributed by atoms with Crippen LogP contribution in [0.3, 0.4) is 0 Å². The van der Waals surface area contributed by atoms with Crippen molar-refractivity contribution in [1.29, 1.82) is 0 Å². The summed E-state index contributed by atoms with van der Waals surface area (Å²) < 4.78 is 28.5. The first-order valence-electron chi connectivity index (χ1n) is 5.69. The summed E-state index contributed by atoms with van der Waals surface area (Å²) >= 11 is 0. The Kier molecular flexibility index (Phi) is 3.64. The van der Waals surface area contributed by atoms with Crippen molar-refractivity contribution >= 4 is 19.7 Å². The first-order valence-corrected chi connectivity index (χ1v) is 8.00. The van der Waals surface area contributed by atoms with Gasteiger partial charge in [-0.05, 0) is 44.7 Å². The van der Waals surface area contributed by atoms with Crippen molar-refractivity contribution in [2.45, 2.75) is 43.6 Å². The highest BCUT2D eigenvalue weighted by molar-refractivity contribution is 8.13. The second kappa shape index (κ2) is 4.86. The summed E-state index contributed by atoms with van der Waals surface area (Å²) in [6.45, 7) is 1.72. The van der Waals surface area contributed by atoms with Gasteiger partial charge in [-0.2, -0.15) is 0 Å². The lowest BCUT2D eigenvalue weighted by Gasteiger charge is -2.16. The summed E-state index contributed by atoms with van der Waals surface area (Å²) in [7, 11) is 1.67. The number of ether oxygens (including phenoxy) is 1. The molecule has 5 heteroatoms. The van der Waals surface area contributed by atoms with Gasteiger partial charge in [0.05, 0.1) is 11.0 Å². The molecule has 0 saturated heterocycles. The van der Waals surface area contributed by atoms with E-state index < -0.39 is 9.05 Å². The molecule has 17 heavy (non-hydrogen) atoms. The zero-order valence-electron chi connectivity index (χ0n) is 9.65. The Balaban J connectivity index is 2.29. The van der Waals surface area contributed by atoms with Gasteiger partial charge >= 0.3 is 0 Å². The molecule has 1 aliphatic rings. The highest BCUT2D eigenvalue weighted by Crippen LogP contribution is 2.30. The molecule has 0 unspecified atom stereocenters. The lowest BCUT2D eigenvalue weighted by atomic mass is 10.2. The minimum atomic E-state index is -3.70. The van der Waals surface area contributed by atoms with E-state index in [1.165, 1.54) is 18.9 Å². The van der Waals surface area contributed by atoms with Crippen LogP contribution < -0.4 is 4.74 Å². The summed E-state index contributed by atoms with van der Waals surface area (Å²) in [6, 6.07) is 4.95. The smallest absolute Gasteiger partial charge is 0.261 e. The topological polar surface area (TPSA) is 43.4 Å². The van der Waals surface area contributed by atoms with Crippen molar-refractivity contribution in [2.75, 3.05) is 0 Å². The van der Waals surface area contributed by atoms with E-state index in [9.17, 15) is 8.42 Å². The standard InChI is InChI=1S/C12H15ClO3S/c1-9-11(16-10-5-2-3-6-10)7-4-8-12(9)17(13,14)15/h4,7-8,10H,2-3,5-6H2,1H3. The molecule has 0 radical (unpaired) electrons. The van der Waals surface area contributed by atoms with Gasteiger partial charge in [-0.25, -0.2) is 8.42 Å². The minimum Gasteiger partial charge on any atom is -0.490 e. The van der Waals surface area contributed by atoms with Crippen molar-refractivity contribution in [3.63, 3.8) is 0 Å². The Bertz CT molecular complexity index is 504. The molecule has 0 heterocycles. The third-order valence-electron chi connectivity index (χ3n) is 3.09. The monoisotopic (exact) mass is 274 g/mol. The van der Waals surface area contributed by atoms with Gasteiger partial charge in [0.15, 0.2) is 0 Å². The summed E-state index contributed by atoms with van der Waals surface area (Å²) in [5.74, 6) is 0.624. The molecular weight excluding hydrogens is 260 g/mol. The van der Waals surface area contributed by atoms with Crippen molar-refractivity contribution in [1.82, 2.24) is 0 Å². The Morgan fingerprint density at radius 3 is 2.53 bits per heavy atom. The van der Waals surface area contributed by atoms with Crippen molar-refractivity contribution in [3.8, 4) is 5.75 Å². The highest BCUT2D eigenvalue weighted by atomic mass is 35.7. The minimum absolute atomic E-state index is 0.134. The van der Waals surface area contributed by atoms with E-state index in [1.54, 1.807) is 19.1 Å². The fourth-order valence-corrected chi connectivity index (χ4v) is 3.38. The van der Waals surface area contributed by atoms with Crippen LogP contribution in [0.2, 0.25) is 0 Å². The molecule has 0 amide bonds. The fraction of sp³-hybridized carbons (Fsp3) is 0.500. The van der Waals surface area contributed by atoms with E-state index in [0.717, 1.165) is 12.8 Å². The van der Waals surface area contributed by atoms with Crippen LogP contribution in [0.15, 0.2) is 23.1 Å². The summed E-state index contributed by atoms with van der Waals surface area (Å²) in [4.78, 5) is 0.134. The largest absolute Gasteiger partial charge is 0.490 e. The normalized spacial score (nSPS) is 17.3. The third-order valence-corrected chi connectivity index (χ3v) is 4.56. The summed E-state index contributed by atoms with van der Waals surface area (Å²) in [5.41, 5.74) is 0.592. The zero-order chi connectivity index (χ0) is 12.5. The molecule has 0 spiro atoms. The number of halogens is 1. The predicted molar refractivity (Wildman–Crippen MR) is 67.1 cm³/mol. The SMILES string of the molecule is Cc1c(OC2CCCC2)cccc1S(=O)(=O)Cl. The maximum absolute atomic E-state index is 11.4. The molecule has 3 nitrogen and oxygen atoms in total. The van der Waals surface area contributed by atoms with Gasteiger partial charge in [-0.3, -0.25) is 0 Å². The van der Waals surface area contributed by atoms with Gasteiger partial charge < -0.3 is 4.74 Å². The van der Waals surface area contributed by atoms with Gasteiger partial charge in [0, 0.05) is 16.2 Å². The lowest BCUT2D eigenvalue weighted by molar-refractivity contribution is 0.208. The second-order valence-electron chi connectivity index (χ2n) is 4.34. The Morgan fingerprint density at radius 2 is 1.94 bits per heavy atom. The number of hydrogen-bond acceptors (Lipinski definition) is 3. The van der Waals surface area contributed by atoms with Crippen LogP contribution in [0.4, 0.5) is 0 Å². The second-order valence-corrected chi connectivity index (χ2v) is 6.88. The van der Waals surface area contributed by atoms with Crippen LogP contribution in [0.5, 0.6) is 5.75 Å². The molecule has 0 bridgehead atoms. The van der Waals surface area contributed by atoms with Crippen LogP contribution >= 0.6 is 10.7 Å². The molecule has 1 aliphatic carbocycles. The molecule has 1 aromatic rings. The molecule has 0 N–H and O–H groups in total. The third kappa shape index (κ3) is 2.93. The lowest BCUT2D eigenvalue weighted by Crippen LogP contribution is -2.12. The van der Waals surface area contributed by atoms with Crippen LogP contribution in [-0.2, 0) is 9.05 Å². The number of hydrogen-bond donors (Lipinski definition) is 0. The average molecular weight is 275 g/mol. The molecule has 1 fully saturated rings. The highest BCUT2D eigenvalue weighted by Gasteiger charge is 2.20. The Morgan fingerprint density at radius 1 is 1.29 bits per heavy atom. The van der Waals surface area contributed by atoms with Crippen molar-refractivity contribution in [3.05, 3.63) is 23.8 Å². The molecular formula is C12H15ClO3S. The average Bonchev–Trinajstić information content (AvgIpc) is 2.72. The summed E-state index contributed by atoms with van der Waals surface area (Å²) in [5, 5.41) is 0. The first kappa shape index (κ1) is 12.7. The maximum atomic E-state index is 11.4. The van der Waals surface area contributed by atoms with Crippen LogP contribution in [0.1, 0.15) is 31.2 Å². The number of rotatable bonds is 3. The number of benzene rings is 1. The Hall–Kier alpha value is -0.740. The predicted octanol–water partition coefficient (Wildman–Crippen LogP) is 3.24. The molecule has 94 valence electrons. The maximum Gasteiger partial charge on any atom is 0.261 e. The molecule has 0 aromatic heterocycles. The van der Waals surface area contributed by atoms with Gasteiger partial charge in [-0.1, -0.05) is 6.07 Å². The summed E-state index contributed by atoms with van der Waals surface area (Å²) in [6.07, 6.45) is 4.64. The van der Waals surface area contributed by atoms with Crippen LogP contribution in [0, 0.1) is 6.92 Å². The van der Waals surface area contributed by atoms with Gasteiger partial charge in [0.1, 0.15) is 5.75 Å². The van der Waals surface area contributed by atoms with E-state index in [0.29, 0.717) is 11.3 Å². The first-order chi connectivity index (χ1) is 7.98. The van der Waals surface area contributed by atoms with Crippen LogP contribution in [-0.4, -0.2) is 14.5 Å². The van der Waals surface area contributed by atoms with E-state index in [-0.39, 0.29) is 11.0 Å². The molecule has 2 rings (SSSR count). The fourth-order valence-electron chi connectivity index (χ4n) is 2.17. The zero-order valence-corrected chi connectivity index (χ0v) is 11.2. The van der Waals surface area contributed by atoms with Crippen molar-refractivity contribution < 1.29 is 13.2 Å². The van der Waals surface area contributed by atoms with Gasteiger partial charge in [0.25, 0.3) is 9.05 Å². The molecule has 0 atom stereocenters. The van der Waals surface area contributed by atoms with E-state index in [2.05, 4.69) is 0 Å². The quantitative estimate of drug-likeness (QED) is 0.795. The Labute approximate surface area is 106 Å². The van der Waals surface area contributed by atoms with E-state index >= 15 is 0 Å².